The van der Waals surface area contributed by atoms with Crippen LogP contribution >= 0.6 is 0 Å². The first-order valence-corrected chi connectivity index (χ1v) is 12.0. The third-order valence-corrected chi connectivity index (χ3v) is 6.53. The molecule has 1 heterocycles. The summed E-state index contributed by atoms with van der Waals surface area (Å²) >= 11 is 0. The number of rotatable bonds is 7. The van der Waals surface area contributed by atoms with Gasteiger partial charge in [0.05, 0.1) is 18.8 Å². The molecule has 8 heteroatoms. The number of alkyl halides is 3. The van der Waals surface area contributed by atoms with Crippen molar-refractivity contribution in [1.29, 1.82) is 0 Å². The number of ether oxygens (including phenoxy) is 2. The van der Waals surface area contributed by atoms with Crippen molar-refractivity contribution in [2.24, 2.45) is 0 Å². The van der Waals surface area contributed by atoms with E-state index in [-0.39, 0.29) is 36.8 Å². The van der Waals surface area contributed by atoms with E-state index in [9.17, 15) is 23.1 Å². The van der Waals surface area contributed by atoms with Gasteiger partial charge in [0, 0.05) is 18.4 Å². The van der Waals surface area contributed by atoms with E-state index in [1.54, 1.807) is 18.2 Å². The van der Waals surface area contributed by atoms with Crippen molar-refractivity contribution in [3.05, 3.63) is 82.6 Å². The van der Waals surface area contributed by atoms with Gasteiger partial charge < -0.3 is 19.9 Å². The molecule has 1 saturated carbocycles. The predicted molar refractivity (Wildman–Crippen MR) is 124 cm³/mol. The molecule has 35 heavy (non-hydrogen) atoms. The summed E-state index contributed by atoms with van der Waals surface area (Å²) in [6.07, 6.45) is 2.03. The highest BCUT2D eigenvalue weighted by Gasteiger charge is 2.32. The number of nitrogens with one attached hydrogen (secondary N) is 1. The summed E-state index contributed by atoms with van der Waals surface area (Å²) in [6, 6.07) is 12.4. The smallest absolute Gasteiger partial charge is 0.416 e. The van der Waals surface area contributed by atoms with Crippen molar-refractivity contribution in [3.8, 4) is 0 Å². The molecule has 2 aliphatic rings. The van der Waals surface area contributed by atoms with E-state index in [0.29, 0.717) is 12.0 Å². The number of hydrogen-bond donors (Lipinski definition) is 2. The van der Waals surface area contributed by atoms with E-state index in [2.05, 4.69) is 5.32 Å². The van der Waals surface area contributed by atoms with Gasteiger partial charge in [0.1, 0.15) is 0 Å². The number of carbonyl (C=O) groups excluding carboxylic acids is 1. The van der Waals surface area contributed by atoms with E-state index in [1.165, 1.54) is 12.1 Å². The average Bonchev–Trinajstić information content (AvgIpc) is 2.88. The lowest BCUT2D eigenvalue weighted by Crippen LogP contribution is -2.39. The Morgan fingerprint density at radius 1 is 1.00 bits per heavy atom. The zero-order chi connectivity index (χ0) is 24.8. The Morgan fingerprint density at radius 2 is 1.66 bits per heavy atom. The van der Waals surface area contributed by atoms with Gasteiger partial charge >= 0.3 is 6.18 Å². The first-order chi connectivity index (χ1) is 16.8. The molecule has 2 aromatic rings. The molecule has 1 aliphatic carbocycles. The largest absolute Gasteiger partial charge is 0.459 e. The summed E-state index contributed by atoms with van der Waals surface area (Å²) in [7, 11) is 0. The van der Waals surface area contributed by atoms with Gasteiger partial charge in [0.15, 0.2) is 5.76 Å². The molecule has 1 fully saturated rings. The highest BCUT2D eigenvalue weighted by Crippen LogP contribution is 2.35. The minimum atomic E-state index is -4.41. The van der Waals surface area contributed by atoms with Crippen molar-refractivity contribution in [1.82, 2.24) is 5.32 Å². The summed E-state index contributed by atoms with van der Waals surface area (Å²) in [6.45, 7) is 0.180. The number of hydrogen-bond acceptors (Lipinski definition) is 4. The van der Waals surface area contributed by atoms with Crippen LogP contribution in [0.2, 0.25) is 0 Å². The molecule has 2 aromatic carbocycles. The van der Waals surface area contributed by atoms with E-state index in [4.69, 9.17) is 9.47 Å². The van der Waals surface area contributed by atoms with Gasteiger partial charge in [-0.05, 0) is 47.7 Å². The number of carbonyl (C=O) groups is 1. The molecule has 0 radical (unpaired) electrons. The summed E-state index contributed by atoms with van der Waals surface area (Å²) in [4.78, 5) is 13.0. The Kier molecular flexibility index (Phi) is 8.13. The van der Waals surface area contributed by atoms with Gasteiger partial charge in [-0.2, -0.15) is 13.2 Å². The predicted octanol–water partition coefficient (Wildman–Crippen LogP) is 5.58. The molecule has 0 unspecified atom stereocenters. The minimum absolute atomic E-state index is 0.0497. The molecule has 1 aliphatic heterocycles. The Bertz CT molecular complexity index is 1010. The van der Waals surface area contributed by atoms with Crippen LogP contribution in [0.3, 0.4) is 0 Å². The van der Waals surface area contributed by atoms with Gasteiger partial charge in [-0.3, -0.25) is 4.79 Å². The number of halogens is 3. The van der Waals surface area contributed by atoms with E-state index >= 15 is 0 Å². The van der Waals surface area contributed by atoms with Crippen LogP contribution in [0.15, 0.2) is 60.4 Å². The molecular formula is C27H30F3NO4. The number of benzene rings is 2. The SMILES string of the molecule is O=C(NC1CCCCC1)C1=C[C@@H](c2ccc(C(F)(F)F)cc2)C[C@@H](OCc2ccc(CO)cc2)O1. The second-order valence-electron chi connectivity index (χ2n) is 9.13. The zero-order valence-corrected chi connectivity index (χ0v) is 19.4. The summed E-state index contributed by atoms with van der Waals surface area (Å²) in [5.74, 6) is -0.526. The van der Waals surface area contributed by atoms with Crippen molar-refractivity contribution < 1.29 is 32.5 Å². The van der Waals surface area contributed by atoms with Crippen LogP contribution in [0.25, 0.3) is 0 Å². The van der Waals surface area contributed by atoms with Crippen LogP contribution in [-0.2, 0) is 33.7 Å². The molecular weight excluding hydrogens is 459 g/mol. The highest BCUT2D eigenvalue weighted by atomic mass is 19.4. The maximum absolute atomic E-state index is 13.0. The zero-order valence-electron chi connectivity index (χ0n) is 19.4. The molecule has 0 aromatic heterocycles. The molecule has 188 valence electrons. The molecule has 2 N–H and O–H groups in total. The topological polar surface area (TPSA) is 67.8 Å². The normalized spacial score (nSPS) is 21.2. The first-order valence-electron chi connectivity index (χ1n) is 12.0. The lowest BCUT2D eigenvalue weighted by atomic mass is 9.91. The monoisotopic (exact) mass is 489 g/mol. The van der Waals surface area contributed by atoms with Crippen molar-refractivity contribution >= 4 is 5.91 Å². The Hall–Kier alpha value is -2.84. The summed E-state index contributed by atoms with van der Waals surface area (Å²) < 4.78 is 50.9. The Labute approximate surface area is 202 Å². The maximum Gasteiger partial charge on any atom is 0.416 e. The molecule has 0 spiro atoms. The van der Waals surface area contributed by atoms with Crippen molar-refractivity contribution in [3.63, 3.8) is 0 Å². The number of allylic oxidation sites excluding steroid dienone is 1. The maximum atomic E-state index is 13.0. The van der Waals surface area contributed by atoms with E-state index in [0.717, 1.165) is 55.4 Å². The lowest BCUT2D eigenvalue weighted by molar-refractivity contribution is -0.150. The fourth-order valence-electron chi connectivity index (χ4n) is 4.50. The molecule has 1 amide bonds. The van der Waals surface area contributed by atoms with Crippen LogP contribution in [0.5, 0.6) is 0 Å². The van der Waals surface area contributed by atoms with Crippen LogP contribution < -0.4 is 5.32 Å². The Balaban J connectivity index is 1.49. The lowest BCUT2D eigenvalue weighted by Gasteiger charge is -2.31. The number of aliphatic hydroxyl groups is 1. The Morgan fingerprint density at radius 3 is 2.29 bits per heavy atom. The van der Waals surface area contributed by atoms with Crippen molar-refractivity contribution in [2.75, 3.05) is 0 Å². The van der Waals surface area contributed by atoms with Gasteiger partial charge in [0.25, 0.3) is 5.91 Å². The molecule has 0 bridgehead atoms. The van der Waals surface area contributed by atoms with Gasteiger partial charge in [-0.15, -0.1) is 0 Å². The van der Waals surface area contributed by atoms with Crippen molar-refractivity contribution in [2.45, 2.75) is 76.2 Å². The standard InChI is InChI=1S/C27H30F3NO4/c28-27(29,30)22-12-10-20(11-13-22)21-14-24(26(33)31-23-4-2-1-3-5-23)35-25(15-21)34-17-19-8-6-18(16-32)7-9-19/h6-14,21,23,25,32H,1-5,15-17H2,(H,31,33)/t21-,25+/m1/s1. The van der Waals surface area contributed by atoms with E-state index < -0.39 is 18.0 Å². The average molecular weight is 490 g/mol. The second kappa shape index (κ2) is 11.3. The van der Waals surface area contributed by atoms with Crippen LogP contribution in [0.4, 0.5) is 13.2 Å². The van der Waals surface area contributed by atoms with Crippen LogP contribution in [0, 0.1) is 0 Å². The number of aliphatic hydroxyl groups excluding tert-OH is 1. The van der Waals surface area contributed by atoms with Gasteiger partial charge in [-0.25, -0.2) is 0 Å². The fourth-order valence-corrected chi connectivity index (χ4v) is 4.50. The van der Waals surface area contributed by atoms with Crippen LogP contribution in [0.1, 0.15) is 66.7 Å². The number of amides is 1. The van der Waals surface area contributed by atoms with Gasteiger partial charge in [-0.1, -0.05) is 55.7 Å². The van der Waals surface area contributed by atoms with E-state index in [1.807, 2.05) is 12.1 Å². The first kappa shape index (κ1) is 25.3. The third-order valence-electron chi connectivity index (χ3n) is 6.53. The molecule has 0 saturated heterocycles. The van der Waals surface area contributed by atoms with Gasteiger partial charge in [0.2, 0.25) is 6.29 Å². The molecule has 4 rings (SSSR count). The molecule has 2 atom stereocenters. The molecule has 5 nitrogen and oxygen atoms in total. The summed E-state index contributed by atoms with van der Waals surface area (Å²) in [5, 5.41) is 12.2. The quantitative estimate of drug-likeness (QED) is 0.533. The van der Waals surface area contributed by atoms with Crippen LogP contribution in [-0.4, -0.2) is 23.3 Å². The second-order valence-corrected chi connectivity index (χ2v) is 9.13. The fraction of sp³-hybridized carbons (Fsp3) is 0.444. The summed E-state index contributed by atoms with van der Waals surface area (Å²) in [5.41, 5.74) is 1.60. The minimum Gasteiger partial charge on any atom is -0.459 e. The highest BCUT2D eigenvalue weighted by molar-refractivity contribution is 5.92. The third kappa shape index (κ3) is 6.86.